The Balaban J connectivity index is 1.43. The maximum atomic E-state index is 12.3. The number of benzene rings is 2. The summed E-state index contributed by atoms with van der Waals surface area (Å²) in [5.41, 5.74) is 2.96. The molecule has 0 radical (unpaired) electrons. The van der Waals surface area contributed by atoms with Gasteiger partial charge in [0.05, 0.1) is 12.3 Å². The Kier molecular flexibility index (Phi) is 9.12. The lowest BCUT2D eigenvalue weighted by Gasteiger charge is -2.10. The van der Waals surface area contributed by atoms with Gasteiger partial charge < -0.3 is 19.9 Å². The lowest BCUT2D eigenvalue weighted by atomic mass is 10.0. The number of aryl methyl sites for hydroxylation is 1. The highest BCUT2D eigenvalue weighted by Gasteiger charge is 2.13. The molecule has 1 heterocycles. The van der Waals surface area contributed by atoms with Gasteiger partial charge in [-0.3, -0.25) is 9.59 Å². The highest BCUT2D eigenvalue weighted by molar-refractivity contribution is 9.10. The van der Waals surface area contributed by atoms with Gasteiger partial charge in [0.25, 0.3) is 5.91 Å². The number of anilines is 1. The number of hydrogen-bond acceptors (Lipinski definition) is 6. The first-order valence-corrected chi connectivity index (χ1v) is 12.6. The second kappa shape index (κ2) is 12.0. The van der Waals surface area contributed by atoms with Gasteiger partial charge in [0.2, 0.25) is 5.91 Å². The Morgan fingerprint density at radius 1 is 1.12 bits per heavy atom. The third kappa shape index (κ3) is 7.33. The highest BCUT2D eigenvalue weighted by atomic mass is 79.9. The number of ether oxygens (including phenoxy) is 1. The fourth-order valence-electron chi connectivity index (χ4n) is 3.03. The summed E-state index contributed by atoms with van der Waals surface area (Å²) in [7, 11) is 1.80. The highest BCUT2D eigenvalue weighted by Crippen LogP contribution is 2.21. The molecular weight excluding hydrogens is 518 g/mol. The monoisotopic (exact) mass is 545 g/mol. The molecule has 0 aliphatic rings. The zero-order valence-corrected chi connectivity index (χ0v) is 22.0. The van der Waals surface area contributed by atoms with Crippen molar-refractivity contribution in [2.45, 2.75) is 38.4 Å². The molecule has 2 aromatic carbocycles. The van der Waals surface area contributed by atoms with Gasteiger partial charge in [0, 0.05) is 17.2 Å². The zero-order chi connectivity index (χ0) is 24.7. The average Bonchev–Trinajstić information content (AvgIpc) is 3.16. The SMILES string of the molecule is Cc1cc(Br)ccc1NC(=O)CSc1nnc(CNC(=O)COc2ccc(C(C)C)cc2)n1C. The van der Waals surface area contributed by atoms with Crippen LogP contribution < -0.4 is 15.4 Å². The number of aromatic nitrogens is 3. The first kappa shape index (κ1) is 25.8. The van der Waals surface area contributed by atoms with Gasteiger partial charge in [-0.15, -0.1) is 10.2 Å². The molecule has 0 aliphatic heterocycles. The number of carbonyl (C=O) groups excluding carboxylic acids is 2. The molecule has 0 fully saturated rings. The van der Waals surface area contributed by atoms with Crippen LogP contribution in [-0.4, -0.2) is 38.9 Å². The summed E-state index contributed by atoms with van der Waals surface area (Å²) in [4.78, 5) is 24.5. The Morgan fingerprint density at radius 2 is 1.85 bits per heavy atom. The molecule has 2 N–H and O–H groups in total. The summed E-state index contributed by atoms with van der Waals surface area (Å²) in [6.45, 7) is 6.31. The third-order valence-electron chi connectivity index (χ3n) is 5.08. The van der Waals surface area contributed by atoms with Crippen LogP contribution in [0.1, 0.15) is 36.7 Å². The lowest BCUT2D eigenvalue weighted by molar-refractivity contribution is -0.123. The van der Waals surface area contributed by atoms with E-state index in [0.29, 0.717) is 22.6 Å². The minimum absolute atomic E-state index is 0.0872. The van der Waals surface area contributed by atoms with Gasteiger partial charge in [-0.25, -0.2) is 0 Å². The molecule has 0 aliphatic carbocycles. The summed E-state index contributed by atoms with van der Waals surface area (Å²) in [6.07, 6.45) is 0. The Bertz CT molecular complexity index is 1150. The topological polar surface area (TPSA) is 98.1 Å². The minimum atomic E-state index is -0.255. The van der Waals surface area contributed by atoms with Crippen LogP contribution in [-0.2, 0) is 23.2 Å². The summed E-state index contributed by atoms with van der Waals surface area (Å²) in [5.74, 6) is 1.48. The summed E-state index contributed by atoms with van der Waals surface area (Å²) < 4.78 is 8.27. The smallest absolute Gasteiger partial charge is 0.258 e. The van der Waals surface area contributed by atoms with Crippen molar-refractivity contribution in [3.63, 3.8) is 0 Å². The van der Waals surface area contributed by atoms with E-state index in [9.17, 15) is 9.59 Å². The molecular formula is C24H28BrN5O3S. The Hall–Kier alpha value is -2.85. The summed E-state index contributed by atoms with van der Waals surface area (Å²) >= 11 is 4.69. The van der Waals surface area contributed by atoms with Crippen molar-refractivity contribution in [2.75, 3.05) is 17.7 Å². The van der Waals surface area contributed by atoms with Gasteiger partial charge >= 0.3 is 0 Å². The predicted octanol–water partition coefficient (Wildman–Crippen LogP) is 4.44. The van der Waals surface area contributed by atoms with Crippen LogP contribution in [0.15, 0.2) is 52.1 Å². The summed E-state index contributed by atoms with van der Waals surface area (Å²) in [5, 5.41) is 14.5. The molecule has 0 atom stereocenters. The molecule has 0 spiro atoms. The Labute approximate surface area is 212 Å². The van der Waals surface area contributed by atoms with Crippen molar-refractivity contribution < 1.29 is 14.3 Å². The first-order valence-electron chi connectivity index (χ1n) is 10.8. The van der Waals surface area contributed by atoms with E-state index < -0.39 is 0 Å². The molecule has 1 aromatic heterocycles. The zero-order valence-electron chi connectivity index (χ0n) is 19.6. The van der Waals surface area contributed by atoms with Gasteiger partial charge in [-0.1, -0.05) is 53.7 Å². The molecule has 2 amide bonds. The van der Waals surface area contributed by atoms with Crippen molar-refractivity contribution >= 4 is 45.2 Å². The normalized spacial score (nSPS) is 10.9. The number of carbonyl (C=O) groups is 2. The average molecular weight is 546 g/mol. The van der Waals surface area contributed by atoms with E-state index in [2.05, 4.69) is 50.6 Å². The van der Waals surface area contributed by atoms with Crippen LogP contribution in [0.2, 0.25) is 0 Å². The van der Waals surface area contributed by atoms with Crippen LogP contribution in [0, 0.1) is 6.92 Å². The number of halogens is 1. The second-order valence-electron chi connectivity index (χ2n) is 8.04. The third-order valence-corrected chi connectivity index (χ3v) is 6.59. The van der Waals surface area contributed by atoms with Crippen molar-refractivity contribution in [1.82, 2.24) is 20.1 Å². The van der Waals surface area contributed by atoms with Crippen LogP contribution in [0.25, 0.3) is 0 Å². The van der Waals surface area contributed by atoms with E-state index in [-0.39, 0.29) is 30.7 Å². The van der Waals surface area contributed by atoms with Crippen LogP contribution in [0.4, 0.5) is 5.69 Å². The number of nitrogens with zero attached hydrogens (tertiary/aromatic N) is 3. The number of amides is 2. The van der Waals surface area contributed by atoms with Crippen LogP contribution >= 0.6 is 27.7 Å². The fourth-order valence-corrected chi connectivity index (χ4v) is 4.24. The molecule has 0 unspecified atom stereocenters. The fraction of sp³-hybridized carbons (Fsp3) is 0.333. The second-order valence-corrected chi connectivity index (χ2v) is 9.90. The predicted molar refractivity (Wildman–Crippen MR) is 137 cm³/mol. The molecule has 8 nitrogen and oxygen atoms in total. The van der Waals surface area contributed by atoms with Gasteiger partial charge in [0.1, 0.15) is 5.75 Å². The van der Waals surface area contributed by atoms with Crippen molar-refractivity contribution in [3.8, 4) is 5.75 Å². The van der Waals surface area contributed by atoms with E-state index in [4.69, 9.17) is 4.74 Å². The van der Waals surface area contributed by atoms with Gasteiger partial charge in [-0.05, 0) is 54.3 Å². The van der Waals surface area contributed by atoms with Gasteiger partial charge in [0.15, 0.2) is 17.6 Å². The van der Waals surface area contributed by atoms with Crippen molar-refractivity contribution in [1.29, 1.82) is 0 Å². The lowest BCUT2D eigenvalue weighted by Crippen LogP contribution is -2.29. The molecule has 180 valence electrons. The molecule has 3 aromatic rings. The van der Waals surface area contributed by atoms with E-state index in [1.165, 1.54) is 17.3 Å². The maximum Gasteiger partial charge on any atom is 0.258 e. The number of rotatable bonds is 10. The minimum Gasteiger partial charge on any atom is -0.484 e. The molecule has 0 bridgehead atoms. The first-order chi connectivity index (χ1) is 16.2. The van der Waals surface area contributed by atoms with Crippen molar-refractivity contribution in [2.24, 2.45) is 7.05 Å². The molecule has 34 heavy (non-hydrogen) atoms. The van der Waals surface area contributed by atoms with E-state index in [1.54, 1.807) is 11.6 Å². The van der Waals surface area contributed by atoms with E-state index >= 15 is 0 Å². The standard InChI is InChI=1S/C24H28BrN5O3S/c1-15(2)17-5-8-19(9-6-17)33-13-22(31)26-12-21-28-29-24(30(21)4)34-14-23(32)27-20-10-7-18(25)11-16(20)3/h5-11,15H,12-14H2,1-4H3,(H,26,31)(H,27,32). The summed E-state index contributed by atoms with van der Waals surface area (Å²) in [6, 6.07) is 13.4. The van der Waals surface area contributed by atoms with Crippen LogP contribution in [0.3, 0.4) is 0 Å². The number of thioether (sulfide) groups is 1. The number of nitrogens with one attached hydrogen (secondary N) is 2. The Morgan fingerprint density at radius 3 is 2.53 bits per heavy atom. The van der Waals surface area contributed by atoms with E-state index in [1.807, 2.05) is 49.4 Å². The quantitative estimate of drug-likeness (QED) is 0.365. The molecule has 3 rings (SSSR count). The number of hydrogen-bond donors (Lipinski definition) is 2. The van der Waals surface area contributed by atoms with Crippen LogP contribution in [0.5, 0.6) is 5.75 Å². The molecule has 0 saturated carbocycles. The maximum absolute atomic E-state index is 12.3. The van der Waals surface area contributed by atoms with E-state index in [0.717, 1.165) is 15.7 Å². The molecule has 0 saturated heterocycles. The van der Waals surface area contributed by atoms with Crippen molar-refractivity contribution in [3.05, 3.63) is 63.9 Å². The van der Waals surface area contributed by atoms with Gasteiger partial charge in [-0.2, -0.15) is 0 Å². The molecule has 10 heteroatoms. The largest absolute Gasteiger partial charge is 0.484 e.